The van der Waals surface area contributed by atoms with Crippen molar-refractivity contribution < 1.29 is 26.5 Å². The Labute approximate surface area is 99.3 Å². The molecule has 1 rings (SSSR count). The van der Waals surface area contributed by atoms with Crippen LogP contribution in [0.2, 0.25) is 0 Å². The van der Waals surface area contributed by atoms with Crippen LogP contribution in [0.5, 0.6) is 11.5 Å². The van der Waals surface area contributed by atoms with Crippen molar-refractivity contribution in [3.8, 4) is 11.5 Å². The van der Waals surface area contributed by atoms with Crippen LogP contribution in [0.4, 0.5) is 3.89 Å². The van der Waals surface area contributed by atoms with Gasteiger partial charge in [-0.3, -0.25) is 0 Å². The van der Waals surface area contributed by atoms with Crippen LogP contribution in [-0.4, -0.2) is 28.9 Å². The normalized spacial score (nSPS) is 11.2. The van der Waals surface area contributed by atoms with Gasteiger partial charge >= 0.3 is 10.2 Å². The summed E-state index contributed by atoms with van der Waals surface area (Å²) in [7, 11) is -3.50. The maximum atomic E-state index is 13.0. The standard InChI is InChI=1S/C10H13FO5S/c1-3-15-8-5-4-6-9(17(11,12)13)10(8)16-7-14-2/h4-6H,3,7H2,1-2H3. The molecule has 0 aromatic heterocycles. The molecule has 0 N–H and O–H groups in total. The van der Waals surface area contributed by atoms with E-state index in [0.717, 1.165) is 6.07 Å². The average molecular weight is 264 g/mol. The van der Waals surface area contributed by atoms with E-state index in [1.165, 1.54) is 19.2 Å². The summed E-state index contributed by atoms with van der Waals surface area (Å²) < 4.78 is 49.7. The minimum atomic E-state index is -4.87. The van der Waals surface area contributed by atoms with Crippen LogP contribution in [0, 0.1) is 0 Å². The molecule has 7 heteroatoms. The van der Waals surface area contributed by atoms with Gasteiger partial charge in [0.1, 0.15) is 4.90 Å². The number of halogens is 1. The van der Waals surface area contributed by atoms with Crippen LogP contribution in [0.15, 0.2) is 23.1 Å². The van der Waals surface area contributed by atoms with E-state index in [9.17, 15) is 12.3 Å². The molecule has 1 aromatic rings. The number of benzene rings is 1. The first-order valence-electron chi connectivity index (χ1n) is 4.83. The third-order valence-corrected chi connectivity index (χ3v) is 2.67. The number of para-hydroxylation sites is 1. The highest BCUT2D eigenvalue weighted by molar-refractivity contribution is 7.86. The van der Waals surface area contributed by atoms with Gasteiger partial charge in [-0.1, -0.05) is 6.07 Å². The largest absolute Gasteiger partial charge is 0.490 e. The van der Waals surface area contributed by atoms with Crippen molar-refractivity contribution in [2.45, 2.75) is 11.8 Å². The monoisotopic (exact) mass is 264 g/mol. The highest BCUT2D eigenvalue weighted by Crippen LogP contribution is 2.35. The summed E-state index contributed by atoms with van der Waals surface area (Å²) in [5.41, 5.74) is 0. The molecule has 0 saturated heterocycles. The van der Waals surface area contributed by atoms with E-state index in [2.05, 4.69) is 4.74 Å². The molecule has 0 atom stereocenters. The van der Waals surface area contributed by atoms with E-state index in [-0.39, 0.29) is 18.3 Å². The molecular formula is C10H13FO5S. The van der Waals surface area contributed by atoms with Crippen LogP contribution < -0.4 is 9.47 Å². The predicted octanol–water partition coefficient (Wildman–Crippen LogP) is 1.73. The fraction of sp³-hybridized carbons (Fsp3) is 0.400. The van der Waals surface area contributed by atoms with E-state index >= 15 is 0 Å². The van der Waals surface area contributed by atoms with Crippen molar-refractivity contribution in [3.63, 3.8) is 0 Å². The topological polar surface area (TPSA) is 61.8 Å². The van der Waals surface area contributed by atoms with Gasteiger partial charge < -0.3 is 14.2 Å². The first kappa shape index (κ1) is 13.7. The molecule has 0 bridgehead atoms. The molecule has 0 amide bonds. The fourth-order valence-electron chi connectivity index (χ4n) is 1.22. The van der Waals surface area contributed by atoms with Crippen LogP contribution in [0.3, 0.4) is 0 Å². The van der Waals surface area contributed by atoms with Crippen molar-refractivity contribution in [3.05, 3.63) is 18.2 Å². The smallest absolute Gasteiger partial charge is 0.335 e. The summed E-state index contributed by atoms with van der Waals surface area (Å²) in [6.07, 6.45) is 0. The third kappa shape index (κ3) is 3.57. The van der Waals surface area contributed by atoms with Gasteiger partial charge in [-0.25, -0.2) is 0 Å². The summed E-state index contributed by atoms with van der Waals surface area (Å²) in [4.78, 5) is -0.569. The molecule has 0 unspecified atom stereocenters. The first-order chi connectivity index (χ1) is 8.00. The van der Waals surface area contributed by atoms with Gasteiger partial charge in [-0.15, -0.1) is 3.89 Å². The lowest BCUT2D eigenvalue weighted by Gasteiger charge is -2.13. The zero-order chi connectivity index (χ0) is 12.9. The van der Waals surface area contributed by atoms with E-state index < -0.39 is 15.1 Å². The van der Waals surface area contributed by atoms with E-state index in [1.807, 2.05) is 0 Å². The maximum Gasteiger partial charge on any atom is 0.335 e. The second-order valence-electron chi connectivity index (χ2n) is 3.01. The lowest BCUT2D eigenvalue weighted by molar-refractivity contribution is 0.0464. The van der Waals surface area contributed by atoms with Crippen LogP contribution in [-0.2, 0) is 15.0 Å². The highest BCUT2D eigenvalue weighted by Gasteiger charge is 2.22. The molecule has 5 nitrogen and oxygen atoms in total. The van der Waals surface area contributed by atoms with Crippen molar-refractivity contribution in [1.29, 1.82) is 0 Å². The minimum absolute atomic E-state index is 0.156. The zero-order valence-electron chi connectivity index (χ0n) is 9.47. The summed E-state index contributed by atoms with van der Waals surface area (Å²) in [5.74, 6) is -0.0259. The average Bonchev–Trinajstić information content (AvgIpc) is 2.26. The Morgan fingerprint density at radius 1 is 1.29 bits per heavy atom. The van der Waals surface area contributed by atoms with Gasteiger partial charge in [0.25, 0.3) is 0 Å². The Hall–Kier alpha value is -1.34. The lowest BCUT2D eigenvalue weighted by Crippen LogP contribution is -2.06. The second kappa shape index (κ2) is 5.83. The molecule has 0 saturated carbocycles. The molecule has 0 aliphatic heterocycles. The van der Waals surface area contributed by atoms with Gasteiger partial charge in [0.05, 0.1) is 6.61 Å². The van der Waals surface area contributed by atoms with Gasteiger partial charge in [-0.2, -0.15) is 8.42 Å². The van der Waals surface area contributed by atoms with Crippen LogP contribution >= 0.6 is 0 Å². The van der Waals surface area contributed by atoms with Gasteiger partial charge in [0.2, 0.25) is 0 Å². The van der Waals surface area contributed by atoms with Crippen molar-refractivity contribution in [1.82, 2.24) is 0 Å². The molecule has 0 heterocycles. The van der Waals surface area contributed by atoms with Gasteiger partial charge in [-0.05, 0) is 19.1 Å². The summed E-state index contributed by atoms with van der Waals surface area (Å²) in [6.45, 7) is 1.82. The zero-order valence-corrected chi connectivity index (χ0v) is 10.3. The molecule has 0 fully saturated rings. The Kier molecular flexibility index (Phi) is 4.71. The molecule has 0 spiro atoms. The number of methoxy groups -OCH3 is 1. The van der Waals surface area contributed by atoms with Crippen LogP contribution in [0.1, 0.15) is 6.92 Å². The third-order valence-electron chi connectivity index (χ3n) is 1.83. The van der Waals surface area contributed by atoms with E-state index in [0.29, 0.717) is 6.61 Å². The summed E-state index contributed by atoms with van der Waals surface area (Å²) in [6, 6.07) is 3.96. The quantitative estimate of drug-likeness (QED) is 0.578. The Morgan fingerprint density at radius 3 is 2.53 bits per heavy atom. The summed E-state index contributed by atoms with van der Waals surface area (Å²) >= 11 is 0. The molecule has 0 aliphatic carbocycles. The fourth-order valence-corrected chi connectivity index (χ4v) is 1.84. The summed E-state index contributed by atoms with van der Waals surface area (Å²) in [5, 5.41) is 0. The van der Waals surface area contributed by atoms with Crippen molar-refractivity contribution in [2.75, 3.05) is 20.5 Å². The van der Waals surface area contributed by atoms with E-state index in [1.54, 1.807) is 6.92 Å². The number of hydrogen-bond acceptors (Lipinski definition) is 5. The Bertz CT molecular complexity index is 472. The number of ether oxygens (including phenoxy) is 3. The highest BCUT2D eigenvalue weighted by atomic mass is 32.3. The second-order valence-corrected chi connectivity index (χ2v) is 4.32. The number of rotatable bonds is 6. The van der Waals surface area contributed by atoms with Gasteiger partial charge in [0.15, 0.2) is 18.3 Å². The maximum absolute atomic E-state index is 13.0. The number of hydrogen-bond donors (Lipinski definition) is 0. The Morgan fingerprint density at radius 2 is 2.00 bits per heavy atom. The van der Waals surface area contributed by atoms with Crippen LogP contribution in [0.25, 0.3) is 0 Å². The van der Waals surface area contributed by atoms with E-state index in [4.69, 9.17) is 9.47 Å². The molecule has 96 valence electrons. The SMILES string of the molecule is CCOc1cccc(S(=O)(=O)F)c1OCOC. The molecule has 0 aliphatic rings. The Balaban J connectivity index is 3.24. The van der Waals surface area contributed by atoms with Gasteiger partial charge in [0, 0.05) is 7.11 Å². The van der Waals surface area contributed by atoms with Crippen molar-refractivity contribution in [2.24, 2.45) is 0 Å². The molecule has 17 heavy (non-hydrogen) atoms. The molecule has 0 radical (unpaired) electrons. The predicted molar refractivity (Wildman–Crippen MR) is 58.4 cm³/mol. The lowest BCUT2D eigenvalue weighted by atomic mass is 10.3. The molecule has 1 aromatic carbocycles. The molecular weight excluding hydrogens is 251 g/mol. The minimum Gasteiger partial charge on any atom is -0.490 e. The first-order valence-corrected chi connectivity index (χ1v) is 6.21. The van der Waals surface area contributed by atoms with Crippen molar-refractivity contribution >= 4 is 10.2 Å².